The molecule has 0 aromatic heterocycles. The first-order chi connectivity index (χ1) is 7.81. The molecule has 102 valence electrons. The second kappa shape index (κ2) is 8.48. The molecule has 0 aliphatic heterocycles. The number of rotatable bonds is 8. The number of hydrogen-bond acceptors (Lipinski definition) is 3. The van der Waals surface area contributed by atoms with Gasteiger partial charge in [-0.05, 0) is 54.0 Å². The molecule has 0 aliphatic carbocycles. The molecule has 0 aromatic carbocycles. The smallest absolute Gasteiger partial charge is 0.234 e. The van der Waals surface area contributed by atoms with Crippen molar-refractivity contribution in [2.45, 2.75) is 59.1 Å². The van der Waals surface area contributed by atoms with E-state index in [-0.39, 0.29) is 11.4 Å². The number of hydrogen-bond donors (Lipinski definition) is 2. The second-order valence-electron chi connectivity index (χ2n) is 5.60. The first-order valence-electron chi connectivity index (χ1n) is 6.44. The molecule has 0 fully saturated rings. The Morgan fingerprint density at radius 3 is 2.41 bits per heavy atom. The van der Waals surface area contributed by atoms with E-state index >= 15 is 0 Å². The van der Waals surface area contributed by atoms with Crippen molar-refractivity contribution < 1.29 is 9.53 Å². The van der Waals surface area contributed by atoms with Crippen molar-refractivity contribution in [2.24, 2.45) is 0 Å². The van der Waals surface area contributed by atoms with Crippen molar-refractivity contribution in [1.29, 1.82) is 0 Å². The van der Waals surface area contributed by atoms with Crippen LogP contribution >= 0.6 is 0 Å². The van der Waals surface area contributed by atoms with Crippen molar-refractivity contribution in [1.82, 2.24) is 10.6 Å². The highest BCUT2D eigenvalue weighted by atomic mass is 16.5. The maximum absolute atomic E-state index is 11.4. The van der Waals surface area contributed by atoms with Gasteiger partial charge in [-0.3, -0.25) is 4.79 Å². The number of ether oxygens (including phenoxy) is 1. The predicted molar refractivity (Wildman–Crippen MR) is 71.1 cm³/mol. The molecule has 0 radical (unpaired) electrons. The molecular weight excluding hydrogens is 216 g/mol. The summed E-state index contributed by atoms with van der Waals surface area (Å²) in [6, 6.07) is 0. The molecule has 4 nitrogen and oxygen atoms in total. The summed E-state index contributed by atoms with van der Waals surface area (Å²) in [5.41, 5.74) is -0.149. The maximum atomic E-state index is 11.4. The van der Waals surface area contributed by atoms with Gasteiger partial charge >= 0.3 is 0 Å². The molecule has 0 saturated carbocycles. The average Bonchev–Trinajstić information content (AvgIpc) is 2.12. The zero-order valence-corrected chi connectivity index (χ0v) is 11.9. The minimum absolute atomic E-state index is 0.0518. The first-order valence-corrected chi connectivity index (χ1v) is 6.44. The van der Waals surface area contributed by atoms with Gasteiger partial charge in [-0.2, -0.15) is 0 Å². The SMILES string of the molecule is CC(C)OCCCCNCC(=O)NC(C)(C)C. The summed E-state index contributed by atoms with van der Waals surface area (Å²) in [4.78, 5) is 11.4. The van der Waals surface area contributed by atoms with Crippen LogP contribution in [0.2, 0.25) is 0 Å². The molecular formula is C13H28N2O2. The Morgan fingerprint density at radius 2 is 1.88 bits per heavy atom. The molecule has 0 unspecified atom stereocenters. The maximum Gasteiger partial charge on any atom is 0.234 e. The van der Waals surface area contributed by atoms with Crippen LogP contribution < -0.4 is 10.6 Å². The van der Waals surface area contributed by atoms with E-state index in [9.17, 15) is 4.79 Å². The van der Waals surface area contributed by atoms with Crippen LogP contribution in [0.1, 0.15) is 47.5 Å². The van der Waals surface area contributed by atoms with E-state index in [4.69, 9.17) is 4.74 Å². The van der Waals surface area contributed by atoms with E-state index in [1.54, 1.807) is 0 Å². The van der Waals surface area contributed by atoms with E-state index < -0.39 is 0 Å². The van der Waals surface area contributed by atoms with Gasteiger partial charge in [-0.1, -0.05) is 0 Å². The highest BCUT2D eigenvalue weighted by molar-refractivity contribution is 5.78. The second-order valence-corrected chi connectivity index (χ2v) is 5.60. The normalized spacial score (nSPS) is 11.9. The highest BCUT2D eigenvalue weighted by Gasteiger charge is 2.12. The third-order valence-electron chi connectivity index (χ3n) is 2.00. The van der Waals surface area contributed by atoms with Gasteiger partial charge in [0, 0.05) is 12.1 Å². The number of carbonyl (C=O) groups is 1. The quantitative estimate of drug-likeness (QED) is 0.639. The van der Waals surface area contributed by atoms with Crippen molar-refractivity contribution >= 4 is 5.91 Å². The molecule has 1 amide bonds. The molecule has 17 heavy (non-hydrogen) atoms. The van der Waals surface area contributed by atoms with Crippen molar-refractivity contribution in [2.75, 3.05) is 19.7 Å². The molecule has 4 heteroatoms. The largest absolute Gasteiger partial charge is 0.379 e. The predicted octanol–water partition coefficient (Wildman–Crippen LogP) is 1.70. The van der Waals surface area contributed by atoms with Crippen molar-refractivity contribution in [3.05, 3.63) is 0 Å². The average molecular weight is 244 g/mol. The van der Waals surface area contributed by atoms with Gasteiger partial charge in [0.15, 0.2) is 0 Å². The lowest BCUT2D eigenvalue weighted by Crippen LogP contribution is -2.44. The van der Waals surface area contributed by atoms with Crippen molar-refractivity contribution in [3.63, 3.8) is 0 Å². The van der Waals surface area contributed by atoms with Gasteiger partial charge in [0.25, 0.3) is 0 Å². The molecule has 0 bridgehead atoms. The lowest BCUT2D eigenvalue weighted by molar-refractivity contribution is -0.121. The first kappa shape index (κ1) is 16.4. The fourth-order valence-corrected chi connectivity index (χ4v) is 1.34. The Balaban J connectivity index is 3.31. The van der Waals surface area contributed by atoms with Gasteiger partial charge < -0.3 is 15.4 Å². The van der Waals surface area contributed by atoms with Crippen molar-refractivity contribution in [3.8, 4) is 0 Å². The molecule has 0 rings (SSSR count). The fraction of sp³-hybridized carbons (Fsp3) is 0.923. The Bertz CT molecular complexity index is 210. The summed E-state index contributed by atoms with van der Waals surface area (Å²) in [6.07, 6.45) is 2.38. The molecule has 0 atom stereocenters. The van der Waals surface area contributed by atoms with E-state index in [0.29, 0.717) is 12.6 Å². The summed E-state index contributed by atoms with van der Waals surface area (Å²) in [5, 5.41) is 6.04. The zero-order valence-electron chi connectivity index (χ0n) is 11.9. The van der Waals surface area contributed by atoms with Gasteiger partial charge in [0.05, 0.1) is 12.6 Å². The van der Waals surface area contributed by atoms with E-state index in [0.717, 1.165) is 26.0 Å². The Kier molecular flexibility index (Phi) is 8.17. The summed E-state index contributed by atoms with van der Waals surface area (Å²) < 4.78 is 5.43. The monoisotopic (exact) mass is 244 g/mol. The summed E-state index contributed by atoms with van der Waals surface area (Å²) >= 11 is 0. The van der Waals surface area contributed by atoms with Crippen LogP contribution in [0.25, 0.3) is 0 Å². The number of carbonyl (C=O) groups excluding carboxylic acids is 1. The number of nitrogens with one attached hydrogen (secondary N) is 2. The summed E-state index contributed by atoms with van der Waals surface area (Å²) in [6.45, 7) is 12.1. The summed E-state index contributed by atoms with van der Waals surface area (Å²) in [5.74, 6) is 0.0518. The summed E-state index contributed by atoms with van der Waals surface area (Å²) in [7, 11) is 0. The zero-order chi connectivity index (χ0) is 13.3. The topological polar surface area (TPSA) is 50.4 Å². The van der Waals surface area contributed by atoms with Gasteiger partial charge in [0.2, 0.25) is 5.91 Å². The molecule has 2 N–H and O–H groups in total. The fourth-order valence-electron chi connectivity index (χ4n) is 1.34. The molecule has 0 aromatic rings. The molecule has 0 heterocycles. The van der Waals surface area contributed by atoms with E-state index in [1.807, 2.05) is 34.6 Å². The Labute approximate surface area is 105 Å². The minimum atomic E-state index is -0.149. The minimum Gasteiger partial charge on any atom is -0.379 e. The van der Waals surface area contributed by atoms with Gasteiger partial charge in [-0.25, -0.2) is 0 Å². The van der Waals surface area contributed by atoms with Crippen LogP contribution in [0, 0.1) is 0 Å². The van der Waals surface area contributed by atoms with Crippen LogP contribution in [-0.2, 0) is 9.53 Å². The third-order valence-corrected chi connectivity index (χ3v) is 2.00. The standard InChI is InChI=1S/C13H28N2O2/c1-11(2)17-9-7-6-8-14-10-12(16)15-13(3,4)5/h11,14H,6-10H2,1-5H3,(H,15,16). The molecule has 0 saturated heterocycles. The van der Waals surface area contributed by atoms with Crippen LogP contribution in [-0.4, -0.2) is 37.2 Å². The lowest BCUT2D eigenvalue weighted by atomic mass is 10.1. The third kappa shape index (κ3) is 13.3. The highest BCUT2D eigenvalue weighted by Crippen LogP contribution is 1.97. The molecule has 0 spiro atoms. The molecule has 0 aliphatic rings. The van der Waals surface area contributed by atoms with E-state index in [1.165, 1.54) is 0 Å². The van der Waals surface area contributed by atoms with Crippen LogP contribution in [0.5, 0.6) is 0 Å². The lowest BCUT2D eigenvalue weighted by Gasteiger charge is -2.20. The number of amides is 1. The van der Waals surface area contributed by atoms with Gasteiger partial charge in [-0.15, -0.1) is 0 Å². The Morgan fingerprint density at radius 1 is 1.24 bits per heavy atom. The van der Waals surface area contributed by atoms with Crippen LogP contribution in [0.4, 0.5) is 0 Å². The number of unbranched alkanes of at least 4 members (excludes halogenated alkanes) is 1. The Hall–Kier alpha value is -0.610. The van der Waals surface area contributed by atoms with Crippen LogP contribution in [0.15, 0.2) is 0 Å². The van der Waals surface area contributed by atoms with Gasteiger partial charge in [0.1, 0.15) is 0 Å². The van der Waals surface area contributed by atoms with Crippen LogP contribution in [0.3, 0.4) is 0 Å². The van der Waals surface area contributed by atoms with E-state index in [2.05, 4.69) is 10.6 Å².